The molecule has 2 aromatic rings. The summed E-state index contributed by atoms with van der Waals surface area (Å²) in [6, 6.07) is 7.61. The Labute approximate surface area is 106 Å². The lowest BCUT2D eigenvalue weighted by molar-refractivity contribution is 0.0938. The third-order valence-electron chi connectivity index (χ3n) is 3.01. The average Bonchev–Trinajstić information content (AvgIpc) is 2.84. The number of hydrogen-bond acceptors (Lipinski definition) is 2. The van der Waals surface area contributed by atoms with Crippen LogP contribution in [0.15, 0.2) is 30.5 Å². The fourth-order valence-corrected chi connectivity index (χ4v) is 2.05. The highest BCUT2D eigenvalue weighted by Crippen LogP contribution is 2.17. The molecule has 0 radical (unpaired) electrons. The molecule has 1 atom stereocenters. The lowest BCUT2D eigenvalue weighted by Crippen LogP contribution is -2.32. The summed E-state index contributed by atoms with van der Waals surface area (Å²) >= 11 is 0. The molecule has 1 aromatic heterocycles. The van der Waals surface area contributed by atoms with Crippen LogP contribution in [-0.4, -0.2) is 28.6 Å². The van der Waals surface area contributed by atoms with Crippen molar-refractivity contribution < 1.29 is 9.90 Å². The zero-order valence-corrected chi connectivity index (χ0v) is 10.4. The highest BCUT2D eigenvalue weighted by atomic mass is 16.2. The zero-order chi connectivity index (χ0) is 13.0. The molecule has 96 valence electrons. The van der Waals surface area contributed by atoms with Crippen LogP contribution >= 0.6 is 0 Å². The van der Waals surface area contributed by atoms with E-state index in [0.29, 0.717) is 12.0 Å². The van der Waals surface area contributed by atoms with Gasteiger partial charge >= 0.3 is 0 Å². The van der Waals surface area contributed by atoms with Gasteiger partial charge in [0.05, 0.1) is 0 Å². The molecule has 0 fully saturated rings. The van der Waals surface area contributed by atoms with Gasteiger partial charge in [-0.3, -0.25) is 4.79 Å². The Morgan fingerprint density at radius 3 is 3.06 bits per heavy atom. The average molecular weight is 246 g/mol. The van der Waals surface area contributed by atoms with Crippen LogP contribution in [0, 0.1) is 0 Å². The minimum absolute atomic E-state index is 0.0642. The van der Waals surface area contributed by atoms with Crippen LogP contribution < -0.4 is 5.32 Å². The van der Waals surface area contributed by atoms with Crippen LogP contribution in [0.5, 0.6) is 0 Å². The monoisotopic (exact) mass is 246 g/mol. The first-order valence-corrected chi connectivity index (χ1v) is 6.20. The summed E-state index contributed by atoms with van der Waals surface area (Å²) in [5.41, 5.74) is 1.65. The van der Waals surface area contributed by atoms with Gasteiger partial charge in [-0.15, -0.1) is 0 Å². The summed E-state index contributed by atoms with van der Waals surface area (Å²) in [5.74, 6) is -0.0642. The second kappa shape index (κ2) is 5.69. The van der Waals surface area contributed by atoms with Gasteiger partial charge < -0.3 is 15.4 Å². The Kier molecular flexibility index (Phi) is 3.99. The molecule has 1 unspecified atom stereocenters. The van der Waals surface area contributed by atoms with Crippen molar-refractivity contribution in [3.8, 4) is 0 Å². The number of benzene rings is 1. The number of aromatic nitrogens is 1. The smallest absolute Gasteiger partial charge is 0.252 e. The fraction of sp³-hybridized carbons (Fsp3) is 0.357. The lowest BCUT2D eigenvalue weighted by Gasteiger charge is -2.13. The second-order valence-corrected chi connectivity index (χ2v) is 4.48. The molecule has 0 spiro atoms. The van der Waals surface area contributed by atoms with Crippen molar-refractivity contribution in [2.24, 2.45) is 0 Å². The standard InChI is InChI=1S/C14H18N2O2/c1-10(4-3-9-17)16-14(18)12-5-2-6-13-11(12)7-8-15-13/h2,5-8,10,15,17H,3-4,9H2,1H3,(H,16,18). The third-order valence-corrected chi connectivity index (χ3v) is 3.01. The molecule has 0 aliphatic rings. The first-order valence-electron chi connectivity index (χ1n) is 6.20. The van der Waals surface area contributed by atoms with Gasteiger partial charge in [-0.05, 0) is 38.0 Å². The van der Waals surface area contributed by atoms with Gasteiger partial charge in [0.1, 0.15) is 0 Å². The summed E-state index contributed by atoms with van der Waals surface area (Å²) < 4.78 is 0. The number of fused-ring (bicyclic) bond motifs is 1. The Morgan fingerprint density at radius 2 is 2.28 bits per heavy atom. The van der Waals surface area contributed by atoms with Gasteiger partial charge in [0.25, 0.3) is 5.91 Å². The number of carbonyl (C=O) groups is 1. The predicted molar refractivity (Wildman–Crippen MR) is 71.5 cm³/mol. The van der Waals surface area contributed by atoms with Gasteiger partial charge in [-0.2, -0.15) is 0 Å². The number of nitrogens with one attached hydrogen (secondary N) is 2. The van der Waals surface area contributed by atoms with Gasteiger partial charge in [0, 0.05) is 35.3 Å². The van der Waals surface area contributed by atoms with Crippen molar-refractivity contribution in [2.45, 2.75) is 25.8 Å². The number of aliphatic hydroxyl groups is 1. The minimum Gasteiger partial charge on any atom is -0.396 e. The molecule has 1 amide bonds. The molecule has 0 saturated heterocycles. The van der Waals surface area contributed by atoms with E-state index < -0.39 is 0 Å². The third kappa shape index (κ3) is 2.71. The summed E-state index contributed by atoms with van der Waals surface area (Å²) in [5, 5.41) is 12.6. The van der Waals surface area contributed by atoms with Gasteiger partial charge in [-0.25, -0.2) is 0 Å². The zero-order valence-electron chi connectivity index (χ0n) is 10.4. The van der Waals surface area contributed by atoms with Crippen molar-refractivity contribution in [1.29, 1.82) is 0 Å². The lowest BCUT2D eigenvalue weighted by atomic mass is 10.1. The Bertz CT molecular complexity index is 533. The van der Waals surface area contributed by atoms with E-state index in [9.17, 15) is 4.79 Å². The Hall–Kier alpha value is -1.81. The molecular weight excluding hydrogens is 228 g/mol. The number of aliphatic hydroxyl groups excluding tert-OH is 1. The van der Waals surface area contributed by atoms with E-state index in [1.54, 1.807) is 0 Å². The normalized spacial score (nSPS) is 12.6. The summed E-state index contributed by atoms with van der Waals surface area (Å²) in [6.07, 6.45) is 3.32. The maximum atomic E-state index is 12.1. The summed E-state index contributed by atoms with van der Waals surface area (Å²) in [6.45, 7) is 2.11. The number of carbonyl (C=O) groups excluding carboxylic acids is 1. The van der Waals surface area contributed by atoms with Crippen molar-refractivity contribution in [2.75, 3.05) is 6.61 Å². The summed E-state index contributed by atoms with van der Waals surface area (Å²) in [7, 11) is 0. The van der Waals surface area contributed by atoms with Crippen LogP contribution in [0.2, 0.25) is 0 Å². The molecule has 0 bridgehead atoms. The molecule has 0 aliphatic carbocycles. The van der Waals surface area contributed by atoms with Crippen molar-refractivity contribution >= 4 is 16.8 Å². The molecule has 18 heavy (non-hydrogen) atoms. The van der Waals surface area contributed by atoms with Crippen molar-refractivity contribution in [3.05, 3.63) is 36.0 Å². The minimum atomic E-state index is -0.0642. The van der Waals surface area contributed by atoms with Crippen molar-refractivity contribution in [1.82, 2.24) is 10.3 Å². The second-order valence-electron chi connectivity index (χ2n) is 4.48. The van der Waals surface area contributed by atoms with E-state index in [1.165, 1.54) is 0 Å². The van der Waals surface area contributed by atoms with Crippen LogP contribution in [0.1, 0.15) is 30.1 Å². The van der Waals surface area contributed by atoms with Crippen LogP contribution in [0.4, 0.5) is 0 Å². The van der Waals surface area contributed by atoms with Gasteiger partial charge in [-0.1, -0.05) is 6.07 Å². The molecule has 4 heteroatoms. The Morgan fingerprint density at radius 1 is 1.44 bits per heavy atom. The Balaban J connectivity index is 2.11. The van der Waals surface area contributed by atoms with Gasteiger partial charge in [0.2, 0.25) is 0 Å². The van der Waals surface area contributed by atoms with Crippen LogP contribution in [0.25, 0.3) is 10.9 Å². The molecule has 3 N–H and O–H groups in total. The van der Waals surface area contributed by atoms with Crippen LogP contribution in [0.3, 0.4) is 0 Å². The van der Waals surface area contributed by atoms with E-state index in [-0.39, 0.29) is 18.6 Å². The van der Waals surface area contributed by atoms with Gasteiger partial charge in [0.15, 0.2) is 0 Å². The molecular formula is C14H18N2O2. The topological polar surface area (TPSA) is 65.1 Å². The number of aromatic amines is 1. The molecule has 1 heterocycles. The molecule has 4 nitrogen and oxygen atoms in total. The quantitative estimate of drug-likeness (QED) is 0.756. The van der Waals surface area contributed by atoms with E-state index in [4.69, 9.17) is 5.11 Å². The van der Waals surface area contributed by atoms with E-state index in [0.717, 1.165) is 17.3 Å². The maximum Gasteiger partial charge on any atom is 0.252 e. The molecule has 0 aliphatic heterocycles. The summed E-state index contributed by atoms with van der Waals surface area (Å²) in [4.78, 5) is 15.2. The van der Waals surface area contributed by atoms with Crippen LogP contribution in [-0.2, 0) is 0 Å². The molecule has 1 aromatic carbocycles. The van der Waals surface area contributed by atoms with E-state index in [2.05, 4.69) is 10.3 Å². The van der Waals surface area contributed by atoms with Crippen molar-refractivity contribution in [3.63, 3.8) is 0 Å². The fourth-order valence-electron chi connectivity index (χ4n) is 2.05. The number of rotatable bonds is 5. The maximum absolute atomic E-state index is 12.1. The van der Waals surface area contributed by atoms with E-state index in [1.807, 2.05) is 37.4 Å². The highest BCUT2D eigenvalue weighted by molar-refractivity contribution is 6.06. The van der Waals surface area contributed by atoms with E-state index >= 15 is 0 Å². The molecule has 0 saturated carbocycles. The number of H-pyrrole nitrogens is 1. The SMILES string of the molecule is CC(CCCO)NC(=O)c1cccc2[nH]ccc12. The predicted octanol–water partition coefficient (Wildman–Crippen LogP) is 2.06. The largest absolute Gasteiger partial charge is 0.396 e. The first-order chi connectivity index (χ1) is 8.72. The number of amides is 1. The molecule has 2 rings (SSSR count). The first kappa shape index (κ1) is 12.6. The number of hydrogen-bond donors (Lipinski definition) is 3. The highest BCUT2D eigenvalue weighted by Gasteiger charge is 2.12.